The fraction of sp³-hybridized carbons (Fsp3) is 0.793. The first-order chi connectivity index (χ1) is 14.9. The highest BCUT2D eigenvalue weighted by Gasteiger charge is 2.78. The number of ether oxygens (including phenoxy) is 2. The Balaban J connectivity index is 1.81. The van der Waals surface area contributed by atoms with Crippen LogP contribution in [0.2, 0.25) is 0 Å². The molecule has 0 heterocycles. The van der Waals surface area contributed by atoms with Crippen LogP contribution in [-0.2, 0) is 16.6 Å². The van der Waals surface area contributed by atoms with Crippen molar-refractivity contribution in [3.63, 3.8) is 0 Å². The normalized spacial score (nSPS) is 42.1. The SMILES string of the molecule is COc1ccc(C)c2c1C[C@H]1[C@@]3(OC)CC[C@@]4(C[C@@H]3C(C)(O)C(C)(C)C)[C@@H](C)CCC[C@]214. The van der Waals surface area contributed by atoms with E-state index in [0.29, 0.717) is 11.8 Å². The van der Waals surface area contributed by atoms with Gasteiger partial charge >= 0.3 is 0 Å². The van der Waals surface area contributed by atoms with E-state index < -0.39 is 5.60 Å². The molecule has 4 saturated carbocycles. The summed E-state index contributed by atoms with van der Waals surface area (Å²) in [4.78, 5) is 0. The number of hydrogen-bond acceptors (Lipinski definition) is 3. The van der Waals surface area contributed by atoms with Gasteiger partial charge in [-0.2, -0.15) is 0 Å². The number of hydrogen-bond donors (Lipinski definition) is 1. The molecule has 0 aromatic heterocycles. The fourth-order valence-corrected chi connectivity index (χ4v) is 9.54. The molecule has 32 heavy (non-hydrogen) atoms. The summed E-state index contributed by atoms with van der Waals surface area (Å²) in [5, 5.41) is 12.2. The largest absolute Gasteiger partial charge is 0.496 e. The molecule has 3 heteroatoms. The van der Waals surface area contributed by atoms with Gasteiger partial charge in [0.2, 0.25) is 0 Å². The number of aliphatic hydroxyl groups is 1. The third-order valence-electron chi connectivity index (χ3n) is 11.5. The minimum absolute atomic E-state index is 0.132. The third kappa shape index (κ3) is 2.36. The first-order valence-electron chi connectivity index (χ1n) is 12.9. The van der Waals surface area contributed by atoms with Gasteiger partial charge in [-0.15, -0.1) is 0 Å². The Morgan fingerprint density at radius 2 is 1.78 bits per heavy atom. The van der Waals surface area contributed by atoms with Gasteiger partial charge in [0, 0.05) is 24.4 Å². The van der Waals surface area contributed by atoms with Crippen molar-refractivity contribution in [1.82, 2.24) is 0 Å². The van der Waals surface area contributed by atoms with Gasteiger partial charge in [0.1, 0.15) is 5.75 Å². The van der Waals surface area contributed by atoms with Crippen LogP contribution >= 0.6 is 0 Å². The van der Waals surface area contributed by atoms with Gasteiger partial charge in [0.15, 0.2) is 0 Å². The van der Waals surface area contributed by atoms with Crippen LogP contribution in [0, 0.1) is 35.5 Å². The van der Waals surface area contributed by atoms with Crippen LogP contribution in [0.15, 0.2) is 12.1 Å². The van der Waals surface area contributed by atoms with Gasteiger partial charge in [-0.25, -0.2) is 0 Å². The second-order valence-electron chi connectivity index (χ2n) is 12.9. The first kappa shape index (κ1) is 22.7. The minimum atomic E-state index is -0.798. The van der Waals surface area contributed by atoms with E-state index in [1.54, 1.807) is 5.56 Å². The average molecular weight is 441 g/mol. The molecule has 2 bridgehead atoms. The predicted octanol–water partition coefficient (Wildman–Crippen LogP) is 6.22. The summed E-state index contributed by atoms with van der Waals surface area (Å²) in [7, 11) is 3.74. The van der Waals surface area contributed by atoms with Crippen molar-refractivity contribution in [2.24, 2.45) is 28.6 Å². The lowest BCUT2D eigenvalue weighted by Gasteiger charge is -2.74. The third-order valence-corrected chi connectivity index (χ3v) is 11.5. The number of fused-ring (bicyclic) bond motifs is 3. The standard InChI is InChI=1S/C29H44O3/c1-18-11-12-21(31-7)20-16-22-28(24(18)20)13-9-10-19(2)27(28)14-15-29(22,32-8)23(17-27)26(6,30)25(3,4)5/h11-12,19,22-23,30H,9-10,13-17H2,1-8H3/t19-,22+,23+,26?,27+,28+,29-/m0/s1. The highest BCUT2D eigenvalue weighted by Crippen LogP contribution is 2.78. The van der Waals surface area contributed by atoms with E-state index in [1.807, 2.05) is 14.2 Å². The van der Waals surface area contributed by atoms with Gasteiger partial charge in [0.05, 0.1) is 18.3 Å². The fourth-order valence-electron chi connectivity index (χ4n) is 9.54. The van der Waals surface area contributed by atoms with Crippen LogP contribution in [0.5, 0.6) is 5.75 Å². The quantitative estimate of drug-likeness (QED) is 0.607. The van der Waals surface area contributed by atoms with Crippen LogP contribution in [0.4, 0.5) is 0 Å². The molecule has 1 aromatic rings. The van der Waals surface area contributed by atoms with Crippen molar-refractivity contribution in [3.8, 4) is 5.75 Å². The Morgan fingerprint density at radius 1 is 1.06 bits per heavy atom. The molecule has 5 aliphatic rings. The van der Waals surface area contributed by atoms with Crippen LogP contribution in [0.25, 0.3) is 0 Å². The molecule has 6 rings (SSSR count). The van der Waals surface area contributed by atoms with Crippen molar-refractivity contribution < 1.29 is 14.6 Å². The summed E-state index contributed by atoms with van der Waals surface area (Å²) in [6.45, 7) is 13.5. The lowest BCUT2D eigenvalue weighted by atomic mass is 9.32. The summed E-state index contributed by atoms with van der Waals surface area (Å²) >= 11 is 0. The second-order valence-corrected chi connectivity index (χ2v) is 12.9. The van der Waals surface area contributed by atoms with Crippen molar-refractivity contribution in [3.05, 3.63) is 28.8 Å². The average Bonchev–Trinajstić information content (AvgIpc) is 3.11. The molecule has 2 spiro atoms. The maximum atomic E-state index is 12.2. The molecule has 3 nitrogen and oxygen atoms in total. The Labute approximate surface area is 195 Å². The van der Waals surface area contributed by atoms with E-state index in [2.05, 4.69) is 53.7 Å². The predicted molar refractivity (Wildman–Crippen MR) is 129 cm³/mol. The number of methoxy groups -OCH3 is 2. The molecule has 1 N–H and O–H groups in total. The molecule has 178 valence electrons. The van der Waals surface area contributed by atoms with Gasteiger partial charge in [-0.05, 0) is 85.5 Å². The molecule has 1 unspecified atom stereocenters. The molecule has 5 aliphatic carbocycles. The maximum absolute atomic E-state index is 12.2. The van der Waals surface area contributed by atoms with Crippen LogP contribution in [0.1, 0.15) is 89.8 Å². The molecule has 4 fully saturated rings. The smallest absolute Gasteiger partial charge is 0.122 e. The van der Waals surface area contributed by atoms with E-state index >= 15 is 0 Å². The summed E-state index contributed by atoms with van der Waals surface area (Å²) in [5.41, 5.74) is 3.49. The lowest BCUT2D eigenvalue weighted by molar-refractivity contribution is -0.300. The summed E-state index contributed by atoms with van der Waals surface area (Å²) in [6, 6.07) is 4.46. The molecule has 0 aliphatic heterocycles. The molecular weight excluding hydrogens is 396 g/mol. The van der Waals surface area contributed by atoms with Crippen molar-refractivity contribution in [2.75, 3.05) is 14.2 Å². The molecule has 0 radical (unpaired) electrons. The van der Waals surface area contributed by atoms with Crippen molar-refractivity contribution in [1.29, 1.82) is 0 Å². The van der Waals surface area contributed by atoms with Gasteiger partial charge in [-0.3, -0.25) is 0 Å². The molecular formula is C29H44O3. The molecule has 1 aromatic carbocycles. The highest BCUT2D eigenvalue weighted by atomic mass is 16.5. The highest BCUT2D eigenvalue weighted by molar-refractivity contribution is 5.57. The molecule has 7 atom stereocenters. The van der Waals surface area contributed by atoms with Crippen molar-refractivity contribution >= 4 is 0 Å². The second kappa shape index (κ2) is 6.75. The Bertz CT molecular complexity index is 927. The summed E-state index contributed by atoms with van der Waals surface area (Å²) in [5.74, 6) is 2.23. The summed E-state index contributed by atoms with van der Waals surface area (Å²) in [6.07, 6.45) is 8.20. The molecule has 0 saturated heterocycles. The lowest BCUT2D eigenvalue weighted by Crippen LogP contribution is -2.76. The number of rotatable bonds is 3. The zero-order chi connectivity index (χ0) is 23.3. The summed E-state index contributed by atoms with van der Waals surface area (Å²) < 4.78 is 12.6. The Hall–Kier alpha value is -1.06. The van der Waals surface area contributed by atoms with Gasteiger partial charge < -0.3 is 14.6 Å². The first-order valence-corrected chi connectivity index (χ1v) is 12.9. The van der Waals surface area contributed by atoms with Crippen LogP contribution < -0.4 is 4.74 Å². The minimum Gasteiger partial charge on any atom is -0.496 e. The van der Waals surface area contributed by atoms with E-state index in [9.17, 15) is 5.11 Å². The van der Waals surface area contributed by atoms with E-state index in [4.69, 9.17) is 9.47 Å². The Morgan fingerprint density at radius 3 is 2.41 bits per heavy atom. The molecule has 0 amide bonds. The van der Waals surface area contributed by atoms with Gasteiger partial charge in [0.25, 0.3) is 0 Å². The topological polar surface area (TPSA) is 38.7 Å². The zero-order valence-electron chi connectivity index (χ0n) is 21.6. The van der Waals surface area contributed by atoms with Crippen LogP contribution in [0.3, 0.4) is 0 Å². The monoisotopic (exact) mass is 440 g/mol. The van der Waals surface area contributed by atoms with Gasteiger partial charge in [-0.1, -0.05) is 46.6 Å². The van der Waals surface area contributed by atoms with E-state index in [1.165, 1.54) is 36.8 Å². The van der Waals surface area contributed by atoms with Crippen molar-refractivity contribution in [2.45, 2.75) is 103 Å². The van der Waals surface area contributed by atoms with E-state index in [0.717, 1.165) is 25.0 Å². The maximum Gasteiger partial charge on any atom is 0.122 e. The number of benzene rings is 1. The zero-order valence-corrected chi connectivity index (χ0v) is 21.6. The number of aryl methyl sites for hydroxylation is 1. The van der Waals surface area contributed by atoms with E-state index in [-0.39, 0.29) is 27.8 Å². The Kier molecular flexibility index (Phi) is 4.79. The van der Waals surface area contributed by atoms with Crippen LogP contribution in [-0.4, -0.2) is 30.5 Å².